The minimum absolute atomic E-state index is 0.0254. The fraction of sp³-hybridized carbons (Fsp3) is 0.750. The van der Waals surface area contributed by atoms with Crippen molar-refractivity contribution in [2.24, 2.45) is 5.92 Å². The molecule has 0 aromatic carbocycles. The van der Waals surface area contributed by atoms with Crippen LogP contribution in [0.3, 0.4) is 0 Å². The van der Waals surface area contributed by atoms with Gasteiger partial charge in [-0.3, -0.25) is 0 Å². The molecule has 2 atom stereocenters. The molecule has 1 aliphatic rings. The quantitative estimate of drug-likeness (QED) is 0.915. The molecule has 1 aromatic rings. The van der Waals surface area contributed by atoms with E-state index in [1.165, 1.54) is 6.42 Å². The molecule has 102 valence electrons. The number of hydrogen-bond donors (Lipinski definition) is 1. The number of sulfonamides is 1. The van der Waals surface area contributed by atoms with E-state index in [2.05, 4.69) is 16.8 Å². The summed E-state index contributed by atoms with van der Waals surface area (Å²) < 4.78 is 32.4. The first-order valence-electron chi connectivity index (χ1n) is 6.37. The maximum absolute atomic E-state index is 12.3. The molecule has 1 heterocycles. The normalized spacial score (nSPS) is 25.3. The molecule has 0 aliphatic heterocycles. The first kappa shape index (κ1) is 13.5. The molecule has 1 aromatic heterocycles. The third-order valence-corrected chi connectivity index (χ3v) is 5.39. The molecule has 0 saturated heterocycles. The Kier molecular flexibility index (Phi) is 3.77. The average Bonchev–Trinajstić information content (AvgIpc) is 2.62. The van der Waals surface area contributed by atoms with Crippen molar-refractivity contribution >= 4 is 10.0 Å². The molecule has 0 radical (unpaired) electrons. The van der Waals surface area contributed by atoms with Gasteiger partial charge in [-0.2, -0.15) is 0 Å². The summed E-state index contributed by atoms with van der Waals surface area (Å²) in [5.74, 6) is 0.734. The van der Waals surface area contributed by atoms with Gasteiger partial charge < -0.3 is 4.52 Å². The molecule has 1 aliphatic carbocycles. The number of nitrogens with one attached hydrogen (secondary N) is 1. The van der Waals surface area contributed by atoms with Crippen molar-refractivity contribution in [1.82, 2.24) is 9.88 Å². The Morgan fingerprint density at radius 1 is 1.28 bits per heavy atom. The van der Waals surface area contributed by atoms with E-state index < -0.39 is 10.0 Å². The Morgan fingerprint density at radius 3 is 2.50 bits per heavy atom. The summed E-state index contributed by atoms with van der Waals surface area (Å²) in [5, 5.41) is 3.70. The van der Waals surface area contributed by atoms with Gasteiger partial charge in [-0.15, -0.1) is 0 Å². The highest BCUT2D eigenvalue weighted by atomic mass is 32.2. The average molecular weight is 272 g/mol. The second kappa shape index (κ2) is 5.01. The zero-order chi connectivity index (χ0) is 13.3. The zero-order valence-corrected chi connectivity index (χ0v) is 11.9. The smallest absolute Gasteiger partial charge is 0.246 e. The summed E-state index contributed by atoms with van der Waals surface area (Å²) >= 11 is 0. The second-order valence-electron chi connectivity index (χ2n) is 5.14. The van der Waals surface area contributed by atoms with Crippen LogP contribution in [0.1, 0.15) is 44.1 Å². The van der Waals surface area contributed by atoms with Crippen LogP contribution in [0.5, 0.6) is 0 Å². The van der Waals surface area contributed by atoms with E-state index in [0.29, 0.717) is 17.4 Å². The molecular formula is C12H20N2O3S. The van der Waals surface area contributed by atoms with Crippen molar-refractivity contribution in [3.63, 3.8) is 0 Å². The standard InChI is InChI=1S/C12H20N2O3S/c1-8-6-4-5-7-11(8)14-18(15,16)12-9(2)13-17-10(12)3/h8,11,14H,4-7H2,1-3H3/t8-,11+/m0/s1. The van der Waals surface area contributed by atoms with E-state index in [9.17, 15) is 8.42 Å². The Bertz CT molecular complexity index is 502. The first-order chi connectivity index (χ1) is 8.42. The van der Waals surface area contributed by atoms with Gasteiger partial charge in [-0.25, -0.2) is 13.1 Å². The molecular weight excluding hydrogens is 252 g/mol. The minimum atomic E-state index is -3.52. The second-order valence-corrected chi connectivity index (χ2v) is 6.79. The van der Waals surface area contributed by atoms with Crippen LogP contribution in [0, 0.1) is 19.8 Å². The SMILES string of the molecule is Cc1noc(C)c1S(=O)(=O)N[C@@H]1CCCC[C@@H]1C. The van der Waals surface area contributed by atoms with E-state index in [-0.39, 0.29) is 10.9 Å². The van der Waals surface area contributed by atoms with Gasteiger partial charge in [0.2, 0.25) is 10.0 Å². The highest BCUT2D eigenvalue weighted by Crippen LogP contribution is 2.26. The summed E-state index contributed by atoms with van der Waals surface area (Å²) in [6.45, 7) is 5.37. The molecule has 1 N–H and O–H groups in total. The molecule has 1 saturated carbocycles. The molecule has 2 rings (SSSR count). The van der Waals surface area contributed by atoms with Gasteiger partial charge in [0.1, 0.15) is 10.6 Å². The summed E-state index contributed by atoms with van der Waals surface area (Å²) in [5.41, 5.74) is 0.420. The summed E-state index contributed by atoms with van der Waals surface area (Å²) in [6.07, 6.45) is 4.25. The molecule has 18 heavy (non-hydrogen) atoms. The molecule has 0 amide bonds. The van der Waals surface area contributed by atoms with Crippen LogP contribution >= 0.6 is 0 Å². The van der Waals surface area contributed by atoms with Crippen molar-refractivity contribution in [1.29, 1.82) is 0 Å². The van der Waals surface area contributed by atoms with Gasteiger partial charge in [0.05, 0.1) is 0 Å². The summed E-state index contributed by atoms with van der Waals surface area (Å²) in [7, 11) is -3.52. The lowest BCUT2D eigenvalue weighted by molar-refractivity contribution is 0.310. The van der Waals surface area contributed by atoms with Gasteiger partial charge in [-0.1, -0.05) is 24.9 Å². The van der Waals surface area contributed by atoms with Crippen molar-refractivity contribution in [2.45, 2.75) is 57.4 Å². The zero-order valence-electron chi connectivity index (χ0n) is 11.1. The van der Waals surface area contributed by atoms with Crippen molar-refractivity contribution in [3.05, 3.63) is 11.5 Å². The Morgan fingerprint density at radius 2 is 1.94 bits per heavy atom. The summed E-state index contributed by atoms with van der Waals surface area (Å²) in [4.78, 5) is 0.195. The van der Waals surface area contributed by atoms with Gasteiger partial charge in [0.25, 0.3) is 0 Å². The van der Waals surface area contributed by atoms with E-state index in [0.717, 1.165) is 19.3 Å². The van der Waals surface area contributed by atoms with Crippen molar-refractivity contribution in [2.75, 3.05) is 0 Å². The number of aryl methyl sites for hydroxylation is 2. The fourth-order valence-electron chi connectivity index (χ4n) is 2.61. The summed E-state index contributed by atoms with van der Waals surface area (Å²) in [6, 6.07) is 0.0254. The lowest BCUT2D eigenvalue weighted by atomic mass is 9.87. The Balaban J connectivity index is 2.22. The van der Waals surface area contributed by atoms with Gasteiger partial charge >= 0.3 is 0 Å². The predicted octanol–water partition coefficient (Wildman–Crippen LogP) is 2.15. The molecule has 6 heteroatoms. The van der Waals surface area contributed by atoms with Crippen LogP contribution < -0.4 is 4.72 Å². The number of aromatic nitrogens is 1. The monoisotopic (exact) mass is 272 g/mol. The number of rotatable bonds is 3. The van der Waals surface area contributed by atoms with E-state index in [4.69, 9.17) is 4.52 Å². The first-order valence-corrected chi connectivity index (χ1v) is 7.85. The van der Waals surface area contributed by atoms with Gasteiger partial charge in [0.15, 0.2) is 5.76 Å². The third-order valence-electron chi connectivity index (χ3n) is 3.65. The maximum Gasteiger partial charge on any atom is 0.246 e. The van der Waals surface area contributed by atoms with Crippen LogP contribution in [-0.2, 0) is 10.0 Å². The van der Waals surface area contributed by atoms with E-state index >= 15 is 0 Å². The molecule has 1 fully saturated rings. The lowest BCUT2D eigenvalue weighted by Gasteiger charge is -2.29. The van der Waals surface area contributed by atoms with Crippen LogP contribution in [0.25, 0.3) is 0 Å². The molecule has 5 nitrogen and oxygen atoms in total. The van der Waals surface area contributed by atoms with Crippen LogP contribution in [0.15, 0.2) is 9.42 Å². The molecule has 0 spiro atoms. The molecule has 0 bridgehead atoms. The van der Waals surface area contributed by atoms with Crippen molar-refractivity contribution < 1.29 is 12.9 Å². The highest BCUT2D eigenvalue weighted by Gasteiger charge is 2.30. The predicted molar refractivity (Wildman–Crippen MR) is 67.7 cm³/mol. The van der Waals surface area contributed by atoms with Crippen LogP contribution in [0.4, 0.5) is 0 Å². The lowest BCUT2D eigenvalue weighted by Crippen LogP contribution is -2.41. The largest absolute Gasteiger partial charge is 0.360 e. The fourth-order valence-corrected chi connectivity index (χ4v) is 4.32. The maximum atomic E-state index is 12.3. The highest BCUT2D eigenvalue weighted by molar-refractivity contribution is 7.89. The topological polar surface area (TPSA) is 72.2 Å². The van der Waals surface area contributed by atoms with Gasteiger partial charge in [-0.05, 0) is 32.6 Å². The van der Waals surface area contributed by atoms with Crippen LogP contribution in [-0.4, -0.2) is 19.6 Å². The molecule has 0 unspecified atom stereocenters. The third kappa shape index (κ3) is 2.59. The van der Waals surface area contributed by atoms with Crippen LogP contribution in [0.2, 0.25) is 0 Å². The van der Waals surface area contributed by atoms with E-state index in [1.54, 1.807) is 13.8 Å². The van der Waals surface area contributed by atoms with Gasteiger partial charge in [0, 0.05) is 6.04 Å². The number of hydrogen-bond acceptors (Lipinski definition) is 4. The van der Waals surface area contributed by atoms with Crippen molar-refractivity contribution in [3.8, 4) is 0 Å². The Labute approximate surface area is 108 Å². The number of nitrogens with zero attached hydrogens (tertiary/aromatic N) is 1. The Hall–Kier alpha value is -0.880. The van der Waals surface area contributed by atoms with E-state index in [1.807, 2.05) is 0 Å². The minimum Gasteiger partial charge on any atom is -0.360 e.